The van der Waals surface area contributed by atoms with Gasteiger partial charge in [0, 0.05) is 19.5 Å². The second-order valence-electron chi connectivity index (χ2n) is 6.12. The van der Waals surface area contributed by atoms with E-state index < -0.39 is 28.4 Å². The van der Waals surface area contributed by atoms with E-state index in [0.29, 0.717) is 41.0 Å². The van der Waals surface area contributed by atoms with Crippen LogP contribution in [0.4, 0.5) is 5.00 Å². The monoisotopic (exact) mass is 440 g/mol. The first-order valence-electron chi connectivity index (χ1n) is 8.65. The number of fused-ring (bicyclic) bond motifs is 1. The summed E-state index contributed by atoms with van der Waals surface area (Å²) in [5.41, 5.74) is 0. The molecule has 0 radical (unpaired) electrons. The molecule has 11 heteroatoms. The van der Waals surface area contributed by atoms with Crippen molar-refractivity contribution in [3.63, 3.8) is 0 Å². The lowest BCUT2D eigenvalue weighted by atomic mass is 10.3. The minimum absolute atomic E-state index is 0.00107. The van der Waals surface area contributed by atoms with Crippen LogP contribution in [0, 0.1) is 0 Å². The van der Waals surface area contributed by atoms with Crippen LogP contribution in [0.2, 0.25) is 0 Å². The van der Waals surface area contributed by atoms with Crippen LogP contribution in [-0.2, 0) is 19.6 Å². The molecule has 0 aliphatic carbocycles. The quantitative estimate of drug-likeness (QED) is 0.684. The summed E-state index contributed by atoms with van der Waals surface area (Å²) in [6.07, 6.45) is 0.706. The maximum atomic E-state index is 12.8. The predicted molar refractivity (Wildman–Crippen MR) is 106 cm³/mol. The Hall–Kier alpha value is -2.63. The standard InChI is InChI=1S/C18H20N2O7S2/c1-20(11-16(21)19-17-7-6-15(28-17)18(22)25-2)29(23,24)12-4-5-13-14(10-12)27-9-3-8-26-13/h4-7,10H,3,8-9,11H2,1-2H3,(H,19,21). The van der Waals surface area contributed by atoms with Crippen molar-refractivity contribution in [1.29, 1.82) is 0 Å². The van der Waals surface area contributed by atoms with Crippen LogP contribution in [-0.4, -0.2) is 58.5 Å². The average molecular weight is 440 g/mol. The van der Waals surface area contributed by atoms with E-state index in [1.54, 1.807) is 12.1 Å². The second-order valence-corrected chi connectivity index (χ2v) is 9.25. The minimum atomic E-state index is -3.92. The van der Waals surface area contributed by atoms with E-state index >= 15 is 0 Å². The number of hydrogen-bond donors (Lipinski definition) is 1. The van der Waals surface area contributed by atoms with E-state index in [0.717, 1.165) is 15.6 Å². The number of hydrogen-bond acceptors (Lipinski definition) is 8. The van der Waals surface area contributed by atoms with Gasteiger partial charge in [-0.25, -0.2) is 13.2 Å². The maximum Gasteiger partial charge on any atom is 0.348 e. The second kappa shape index (κ2) is 8.80. The highest BCUT2D eigenvalue weighted by Gasteiger charge is 2.25. The van der Waals surface area contributed by atoms with Gasteiger partial charge in [0.05, 0.1) is 36.8 Å². The Morgan fingerprint density at radius 1 is 1.17 bits per heavy atom. The highest BCUT2D eigenvalue weighted by atomic mass is 32.2. The molecule has 0 bridgehead atoms. The van der Waals surface area contributed by atoms with E-state index in [1.807, 2.05) is 0 Å². The van der Waals surface area contributed by atoms with Crippen molar-refractivity contribution >= 4 is 38.2 Å². The third-order valence-corrected chi connectivity index (χ3v) is 6.83. The van der Waals surface area contributed by atoms with Gasteiger partial charge in [-0.2, -0.15) is 4.31 Å². The molecule has 1 aromatic heterocycles. The number of benzene rings is 1. The Balaban J connectivity index is 1.68. The zero-order chi connectivity index (χ0) is 21.0. The van der Waals surface area contributed by atoms with Gasteiger partial charge in [0.2, 0.25) is 15.9 Å². The van der Waals surface area contributed by atoms with Gasteiger partial charge in [0.15, 0.2) is 11.5 Å². The van der Waals surface area contributed by atoms with Crippen molar-refractivity contribution in [2.45, 2.75) is 11.3 Å². The molecule has 1 aliphatic heterocycles. The molecule has 1 aromatic carbocycles. The summed E-state index contributed by atoms with van der Waals surface area (Å²) in [6.45, 7) is 0.533. The summed E-state index contributed by atoms with van der Waals surface area (Å²) in [4.78, 5) is 24.1. The topological polar surface area (TPSA) is 111 Å². The molecule has 2 aromatic rings. The van der Waals surface area contributed by atoms with E-state index in [1.165, 1.54) is 32.4 Å². The summed E-state index contributed by atoms with van der Waals surface area (Å²) in [5.74, 6) is -0.204. The number of thiophene rings is 1. The largest absolute Gasteiger partial charge is 0.490 e. The Kier molecular flexibility index (Phi) is 6.40. The molecular weight excluding hydrogens is 420 g/mol. The molecule has 0 saturated carbocycles. The molecule has 156 valence electrons. The normalized spacial score (nSPS) is 13.6. The molecule has 29 heavy (non-hydrogen) atoms. The van der Waals surface area contributed by atoms with Crippen molar-refractivity contribution in [3.05, 3.63) is 35.2 Å². The van der Waals surface area contributed by atoms with Crippen molar-refractivity contribution in [1.82, 2.24) is 4.31 Å². The number of ether oxygens (including phenoxy) is 3. The molecule has 1 amide bonds. The van der Waals surface area contributed by atoms with Crippen molar-refractivity contribution in [3.8, 4) is 11.5 Å². The molecule has 2 heterocycles. The Labute approximate surface area is 172 Å². The first-order valence-corrected chi connectivity index (χ1v) is 10.9. The van der Waals surface area contributed by atoms with Crippen LogP contribution in [0.25, 0.3) is 0 Å². The van der Waals surface area contributed by atoms with Crippen molar-refractivity contribution in [2.75, 3.05) is 39.2 Å². The fraction of sp³-hybridized carbons (Fsp3) is 0.333. The molecule has 0 unspecified atom stereocenters. The number of anilines is 1. The zero-order valence-electron chi connectivity index (χ0n) is 15.8. The Bertz CT molecular complexity index is 1020. The van der Waals surface area contributed by atoms with Crippen LogP contribution < -0.4 is 14.8 Å². The Morgan fingerprint density at radius 2 is 1.90 bits per heavy atom. The van der Waals surface area contributed by atoms with Gasteiger partial charge in [-0.1, -0.05) is 0 Å². The highest BCUT2D eigenvalue weighted by molar-refractivity contribution is 7.89. The van der Waals surface area contributed by atoms with Gasteiger partial charge in [-0.05, 0) is 24.3 Å². The number of amides is 1. The lowest BCUT2D eigenvalue weighted by Gasteiger charge is -2.17. The fourth-order valence-corrected chi connectivity index (χ4v) is 4.55. The smallest absolute Gasteiger partial charge is 0.348 e. The van der Waals surface area contributed by atoms with Crippen LogP contribution in [0.15, 0.2) is 35.2 Å². The number of rotatable bonds is 6. The van der Waals surface area contributed by atoms with Gasteiger partial charge < -0.3 is 19.5 Å². The lowest BCUT2D eigenvalue weighted by molar-refractivity contribution is -0.116. The van der Waals surface area contributed by atoms with E-state index in [2.05, 4.69) is 10.1 Å². The summed E-state index contributed by atoms with van der Waals surface area (Å²) in [6, 6.07) is 7.42. The minimum Gasteiger partial charge on any atom is -0.490 e. The number of carbonyl (C=O) groups excluding carboxylic acids is 2. The van der Waals surface area contributed by atoms with Crippen LogP contribution in [0.3, 0.4) is 0 Å². The first-order chi connectivity index (χ1) is 13.8. The van der Waals surface area contributed by atoms with E-state index in [4.69, 9.17) is 9.47 Å². The first kappa shape index (κ1) is 21.1. The number of nitrogens with zero attached hydrogens (tertiary/aromatic N) is 1. The summed E-state index contributed by atoms with van der Waals surface area (Å²) in [5, 5.41) is 2.99. The molecular formula is C18H20N2O7S2. The van der Waals surface area contributed by atoms with Crippen molar-refractivity contribution in [2.24, 2.45) is 0 Å². The number of likely N-dealkylation sites (N-methyl/N-ethyl adjacent to an activating group) is 1. The van der Waals surface area contributed by atoms with Gasteiger partial charge in [0.1, 0.15) is 4.88 Å². The average Bonchev–Trinajstić information content (AvgIpc) is 3.02. The Morgan fingerprint density at radius 3 is 2.62 bits per heavy atom. The van der Waals surface area contributed by atoms with E-state index in [-0.39, 0.29) is 4.90 Å². The summed E-state index contributed by atoms with van der Waals surface area (Å²) < 4.78 is 42.2. The number of methoxy groups -OCH3 is 1. The molecule has 1 aliphatic rings. The molecule has 0 atom stereocenters. The van der Waals surface area contributed by atoms with Crippen LogP contribution in [0.1, 0.15) is 16.1 Å². The molecule has 0 spiro atoms. The number of carbonyl (C=O) groups is 2. The van der Waals surface area contributed by atoms with Crippen molar-refractivity contribution < 1.29 is 32.2 Å². The molecule has 0 fully saturated rings. The third kappa shape index (κ3) is 4.86. The maximum absolute atomic E-state index is 12.8. The van der Waals surface area contributed by atoms with E-state index in [9.17, 15) is 18.0 Å². The number of nitrogens with one attached hydrogen (secondary N) is 1. The van der Waals surface area contributed by atoms with Gasteiger partial charge in [0.25, 0.3) is 0 Å². The van der Waals surface area contributed by atoms with Gasteiger partial charge >= 0.3 is 5.97 Å². The predicted octanol–water partition coefficient (Wildman–Crippen LogP) is 1.96. The molecule has 1 N–H and O–H groups in total. The molecule has 0 saturated heterocycles. The zero-order valence-corrected chi connectivity index (χ0v) is 17.5. The molecule has 3 rings (SSSR count). The summed E-state index contributed by atoms with van der Waals surface area (Å²) in [7, 11) is -1.34. The van der Waals surface area contributed by atoms with Gasteiger partial charge in [-0.3, -0.25) is 4.79 Å². The number of sulfonamides is 1. The number of esters is 1. The SMILES string of the molecule is COC(=O)c1ccc(NC(=O)CN(C)S(=O)(=O)c2ccc3c(c2)OCCCO3)s1. The fourth-order valence-electron chi connectivity index (χ4n) is 2.56. The highest BCUT2D eigenvalue weighted by Crippen LogP contribution is 2.32. The third-order valence-electron chi connectivity index (χ3n) is 4.05. The molecule has 9 nitrogen and oxygen atoms in total. The van der Waals surface area contributed by atoms with Crippen LogP contribution >= 0.6 is 11.3 Å². The van der Waals surface area contributed by atoms with Gasteiger partial charge in [-0.15, -0.1) is 11.3 Å². The lowest BCUT2D eigenvalue weighted by Crippen LogP contribution is -2.34. The van der Waals surface area contributed by atoms with Crippen LogP contribution in [0.5, 0.6) is 11.5 Å². The summed E-state index contributed by atoms with van der Waals surface area (Å²) >= 11 is 1.04.